The molecule has 0 radical (unpaired) electrons. The fourth-order valence-electron chi connectivity index (χ4n) is 13.6. The third-order valence-corrected chi connectivity index (χ3v) is 17.0. The quantitative estimate of drug-likeness (QED) is 0.184. The van der Waals surface area contributed by atoms with Crippen molar-refractivity contribution in [1.29, 1.82) is 0 Å². The van der Waals surface area contributed by atoms with E-state index in [1.54, 1.807) is 0 Å². The largest absolute Gasteiger partial charge is 0.481 e. The van der Waals surface area contributed by atoms with Crippen molar-refractivity contribution < 1.29 is 44.5 Å². The van der Waals surface area contributed by atoms with Gasteiger partial charge in [0.2, 0.25) is 0 Å². The predicted octanol–water partition coefficient (Wildman–Crippen LogP) is 5.35. The number of benzene rings is 1. The Labute approximate surface area is 319 Å². The van der Waals surface area contributed by atoms with Gasteiger partial charge in [-0.25, -0.2) is 0 Å². The van der Waals surface area contributed by atoms with Gasteiger partial charge < -0.3 is 39.7 Å². The van der Waals surface area contributed by atoms with Crippen LogP contribution in [0.1, 0.15) is 93.0 Å². The topological polar surface area (TPSA) is 164 Å². The maximum Gasteiger partial charge on any atom is 0.307 e. The number of carboxylic acid groups (broad SMARTS) is 1. The molecule has 8 rings (SSSR count). The van der Waals surface area contributed by atoms with Crippen LogP contribution in [0.15, 0.2) is 42.1 Å². The van der Waals surface area contributed by atoms with Gasteiger partial charge in [-0.2, -0.15) is 5.10 Å². The fraction of sp³-hybridized carbons (Fsp3) is 0.767. The number of fused-ring (bicyclic) bond motifs is 4. The lowest BCUT2D eigenvalue weighted by Crippen LogP contribution is -2.70. The van der Waals surface area contributed by atoms with Crippen LogP contribution < -0.4 is 0 Å². The molecule has 11 heteroatoms. The van der Waals surface area contributed by atoms with Gasteiger partial charge in [0.1, 0.15) is 24.4 Å². The Hall–Kier alpha value is -2.38. The summed E-state index contributed by atoms with van der Waals surface area (Å²) in [6, 6.07) is 7.68. The Kier molecular flexibility index (Phi) is 9.32. The second-order valence-corrected chi connectivity index (χ2v) is 19.5. The highest BCUT2D eigenvalue weighted by atomic mass is 16.7. The molecule has 1 aromatic carbocycles. The number of carboxylic acids is 1. The molecule has 2 bridgehead atoms. The fourth-order valence-corrected chi connectivity index (χ4v) is 13.6. The van der Waals surface area contributed by atoms with Gasteiger partial charge >= 0.3 is 5.97 Å². The van der Waals surface area contributed by atoms with Crippen molar-refractivity contribution in [1.82, 2.24) is 9.78 Å². The molecule has 0 amide bonds. The SMILES string of the molecule is CC(C)[C@@H](C)[C@@]1(C)CC[C@]2(C)[C@H]3CC[C@H]4C5(C)COC[C@@]4(C[C@@H](n4cc6ccccc6n4)[C@@H]5O[C@@H]4O[C@H](CO)[C@@H](O)[C@H](O)[C@H]4O)C3=CC[C@@]2(C)[C@@H]1C(=O)O. The molecule has 11 nitrogen and oxygen atoms in total. The van der Waals surface area contributed by atoms with Crippen LogP contribution in [0, 0.1) is 56.7 Å². The molecule has 2 saturated heterocycles. The van der Waals surface area contributed by atoms with E-state index in [4.69, 9.17) is 19.3 Å². The van der Waals surface area contributed by atoms with E-state index in [1.165, 1.54) is 5.57 Å². The first-order valence-electron chi connectivity index (χ1n) is 20.4. The molecule has 0 spiro atoms. The maximum atomic E-state index is 13.5. The molecule has 54 heavy (non-hydrogen) atoms. The van der Waals surface area contributed by atoms with E-state index in [9.17, 15) is 30.3 Å². The van der Waals surface area contributed by atoms with Gasteiger partial charge in [-0.05, 0) is 84.5 Å². The number of allylic oxidation sites excluding steroid dienone is 1. The van der Waals surface area contributed by atoms with Gasteiger partial charge in [-0.15, -0.1) is 0 Å². The van der Waals surface area contributed by atoms with Gasteiger partial charge in [0, 0.05) is 22.4 Å². The third-order valence-electron chi connectivity index (χ3n) is 17.0. The second-order valence-electron chi connectivity index (χ2n) is 19.5. The molecule has 298 valence electrons. The first-order valence-corrected chi connectivity index (χ1v) is 20.4. The number of ether oxygens (including phenoxy) is 3. The van der Waals surface area contributed by atoms with Crippen molar-refractivity contribution in [2.45, 2.75) is 130 Å². The summed E-state index contributed by atoms with van der Waals surface area (Å²) in [5, 5.41) is 59.7. The average Bonchev–Trinajstić information content (AvgIpc) is 3.57. The number of rotatable bonds is 7. The summed E-state index contributed by atoms with van der Waals surface area (Å²) < 4.78 is 21.6. The van der Waals surface area contributed by atoms with Gasteiger partial charge in [0.25, 0.3) is 0 Å². The van der Waals surface area contributed by atoms with E-state index < -0.39 is 66.1 Å². The molecule has 3 heterocycles. The predicted molar refractivity (Wildman–Crippen MR) is 201 cm³/mol. The van der Waals surface area contributed by atoms with Crippen molar-refractivity contribution in [3.05, 3.63) is 42.1 Å². The lowest BCUT2D eigenvalue weighted by atomic mass is 9.34. The number of aliphatic hydroxyl groups excluding tert-OH is 4. The standard InChI is InChI=1S/C43H62N2O9/c1-23(2)24(3)39(4)16-17-41(6)26-12-13-31-40(5)21-52-22-43(31,27(26)14-15-42(41,7)35(39)37(50)51)18-29(45-19-25-10-8-9-11-28(25)44-45)36(40)54-38-34(49)33(48)32(47)30(20-46)53-38/h8-11,14,19,23-24,26,29-36,38,46-49H,12-13,15-18,20-22H2,1-7H3,(H,50,51)/t24-,26+,29-,30-,31+,32-,33+,34-,35-,36+,38+,39-,40?,41-,42+,43+/m1/s1. The summed E-state index contributed by atoms with van der Waals surface area (Å²) in [6.07, 6.45) is 1.99. The second kappa shape index (κ2) is 13.1. The highest BCUT2D eigenvalue weighted by Crippen LogP contribution is 2.75. The van der Waals surface area contributed by atoms with E-state index in [2.05, 4.69) is 60.7 Å². The van der Waals surface area contributed by atoms with Gasteiger partial charge in [0.05, 0.1) is 43.4 Å². The summed E-state index contributed by atoms with van der Waals surface area (Å²) in [7, 11) is 0. The van der Waals surface area contributed by atoms with Crippen molar-refractivity contribution in [2.75, 3.05) is 19.8 Å². The Bertz CT molecular complexity index is 1760. The minimum atomic E-state index is -1.56. The Morgan fingerprint density at radius 2 is 1.74 bits per heavy atom. The van der Waals surface area contributed by atoms with E-state index in [1.807, 2.05) is 28.9 Å². The molecule has 3 saturated carbocycles. The Morgan fingerprint density at radius 3 is 2.43 bits per heavy atom. The smallest absolute Gasteiger partial charge is 0.307 e. The minimum absolute atomic E-state index is 0.149. The number of nitrogens with zero attached hydrogens (tertiary/aromatic N) is 2. The molecular formula is C43H62N2O9. The molecular weight excluding hydrogens is 688 g/mol. The van der Waals surface area contributed by atoms with Crippen LogP contribution in [0.3, 0.4) is 0 Å². The number of aliphatic carboxylic acids is 1. The van der Waals surface area contributed by atoms with E-state index in [-0.39, 0.29) is 40.0 Å². The number of hydrogen-bond acceptors (Lipinski definition) is 9. The van der Waals surface area contributed by atoms with Crippen LogP contribution in [0.25, 0.3) is 10.9 Å². The van der Waals surface area contributed by atoms with Crippen molar-refractivity contribution in [2.24, 2.45) is 56.7 Å². The molecule has 16 atom stereocenters. The van der Waals surface area contributed by atoms with Crippen LogP contribution in [-0.2, 0) is 19.0 Å². The van der Waals surface area contributed by atoms with Gasteiger partial charge in [-0.1, -0.05) is 78.3 Å². The molecule has 5 fully saturated rings. The molecule has 1 unspecified atom stereocenters. The summed E-state index contributed by atoms with van der Waals surface area (Å²) in [5.41, 5.74) is 0.335. The summed E-state index contributed by atoms with van der Waals surface area (Å²) in [6.45, 7) is 16.3. The zero-order valence-electron chi connectivity index (χ0n) is 33.0. The van der Waals surface area contributed by atoms with Gasteiger partial charge in [0.15, 0.2) is 6.29 Å². The number of aromatic nitrogens is 2. The summed E-state index contributed by atoms with van der Waals surface area (Å²) >= 11 is 0. The Morgan fingerprint density at radius 1 is 1.00 bits per heavy atom. The monoisotopic (exact) mass is 750 g/mol. The molecule has 2 aromatic rings. The number of hydrogen-bond donors (Lipinski definition) is 5. The van der Waals surface area contributed by atoms with Crippen LogP contribution in [0.5, 0.6) is 0 Å². The van der Waals surface area contributed by atoms with Crippen molar-refractivity contribution >= 4 is 16.9 Å². The molecule has 6 aliphatic rings. The Balaban J connectivity index is 1.23. The average molecular weight is 751 g/mol. The zero-order valence-corrected chi connectivity index (χ0v) is 33.0. The lowest BCUT2D eigenvalue weighted by molar-refractivity contribution is -0.343. The normalized spacial score (nSPS) is 48.0. The highest BCUT2D eigenvalue weighted by molar-refractivity contribution is 5.77. The third kappa shape index (κ3) is 5.17. The zero-order chi connectivity index (χ0) is 38.7. The number of aliphatic hydroxyl groups is 4. The molecule has 1 aromatic heterocycles. The molecule has 5 N–H and O–H groups in total. The van der Waals surface area contributed by atoms with E-state index >= 15 is 0 Å². The lowest BCUT2D eigenvalue weighted by Gasteiger charge is -2.71. The molecule has 4 aliphatic carbocycles. The van der Waals surface area contributed by atoms with Crippen molar-refractivity contribution in [3.63, 3.8) is 0 Å². The van der Waals surface area contributed by atoms with Crippen LogP contribution in [0.4, 0.5) is 0 Å². The first kappa shape index (κ1) is 38.5. The van der Waals surface area contributed by atoms with Crippen LogP contribution in [0.2, 0.25) is 0 Å². The summed E-state index contributed by atoms with van der Waals surface area (Å²) in [4.78, 5) is 13.5. The first-order chi connectivity index (χ1) is 25.5. The van der Waals surface area contributed by atoms with E-state index in [0.717, 1.165) is 36.6 Å². The highest BCUT2D eigenvalue weighted by Gasteiger charge is 2.72. The van der Waals surface area contributed by atoms with Crippen LogP contribution in [-0.4, -0.2) is 97.9 Å². The number of carbonyl (C=O) groups is 1. The van der Waals surface area contributed by atoms with Gasteiger partial charge in [-0.3, -0.25) is 9.48 Å². The van der Waals surface area contributed by atoms with E-state index in [0.29, 0.717) is 32.0 Å². The van der Waals surface area contributed by atoms with Crippen LogP contribution >= 0.6 is 0 Å². The molecule has 2 aliphatic heterocycles. The maximum absolute atomic E-state index is 13.5. The van der Waals surface area contributed by atoms with Crippen molar-refractivity contribution in [3.8, 4) is 0 Å². The minimum Gasteiger partial charge on any atom is -0.481 e. The summed E-state index contributed by atoms with van der Waals surface area (Å²) in [5.74, 6) is -0.171.